The maximum atomic E-state index is 5.97. The van der Waals surface area contributed by atoms with Gasteiger partial charge in [-0.3, -0.25) is 5.01 Å². The average Bonchev–Trinajstić information content (AvgIpc) is 2.82. The third-order valence-corrected chi connectivity index (χ3v) is 4.22. The Bertz CT molecular complexity index is 686. The summed E-state index contributed by atoms with van der Waals surface area (Å²) >= 11 is 0. The molecule has 3 nitrogen and oxygen atoms in total. The lowest BCUT2D eigenvalue weighted by Gasteiger charge is -2.11. The van der Waals surface area contributed by atoms with E-state index in [0.29, 0.717) is 0 Å². The van der Waals surface area contributed by atoms with Crippen molar-refractivity contribution in [1.29, 1.82) is 0 Å². The first kappa shape index (κ1) is 13.8. The summed E-state index contributed by atoms with van der Waals surface area (Å²) in [6.07, 6.45) is 0.805. The first-order valence-corrected chi connectivity index (χ1v) is 7.28. The van der Waals surface area contributed by atoms with Crippen LogP contribution in [0.3, 0.4) is 0 Å². The monoisotopic (exact) mass is 279 g/mol. The van der Waals surface area contributed by atoms with E-state index in [1.54, 1.807) is 0 Å². The fourth-order valence-electron chi connectivity index (χ4n) is 2.59. The molecule has 0 radical (unpaired) electrons. The van der Waals surface area contributed by atoms with E-state index < -0.39 is 0 Å². The summed E-state index contributed by atoms with van der Waals surface area (Å²) in [5.41, 5.74) is 13.3. The van der Waals surface area contributed by atoms with Crippen molar-refractivity contribution in [3.05, 3.63) is 59.2 Å². The minimum Gasteiger partial charge on any atom is -0.310 e. The Morgan fingerprint density at radius 3 is 2.14 bits per heavy atom. The normalized spacial score (nSPS) is 18.0. The molecule has 0 fully saturated rings. The number of nitrogens with two attached hydrogens (primary N) is 1. The molecule has 2 aromatic rings. The largest absolute Gasteiger partial charge is 0.310 e. The summed E-state index contributed by atoms with van der Waals surface area (Å²) < 4.78 is 0. The molecular formula is C18H21N3. The molecule has 3 heteroatoms. The van der Waals surface area contributed by atoms with Gasteiger partial charge in [-0.1, -0.05) is 42.5 Å². The molecule has 0 saturated heterocycles. The minimum atomic E-state index is -0.000533. The van der Waals surface area contributed by atoms with Gasteiger partial charge in [0, 0.05) is 13.5 Å². The molecule has 1 unspecified atom stereocenters. The molecule has 2 aromatic carbocycles. The second kappa shape index (κ2) is 5.34. The van der Waals surface area contributed by atoms with Crippen LogP contribution in [0.1, 0.15) is 23.1 Å². The topological polar surface area (TPSA) is 41.6 Å². The van der Waals surface area contributed by atoms with Crippen LogP contribution in [0.5, 0.6) is 0 Å². The number of aryl methyl sites for hydroxylation is 2. The van der Waals surface area contributed by atoms with Crippen LogP contribution in [0.2, 0.25) is 0 Å². The molecule has 3 rings (SSSR count). The molecule has 108 valence electrons. The van der Waals surface area contributed by atoms with Crippen molar-refractivity contribution in [1.82, 2.24) is 5.01 Å². The quantitative estimate of drug-likeness (QED) is 0.916. The van der Waals surface area contributed by atoms with Crippen molar-refractivity contribution in [3.8, 4) is 11.1 Å². The molecule has 1 aliphatic rings. The van der Waals surface area contributed by atoms with Gasteiger partial charge in [0.05, 0.1) is 11.9 Å². The number of hydrogen-bond acceptors (Lipinski definition) is 3. The van der Waals surface area contributed by atoms with Gasteiger partial charge in [0.2, 0.25) is 0 Å². The minimum absolute atomic E-state index is 0.000533. The zero-order chi connectivity index (χ0) is 15.0. The van der Waals surface area contributed by atoms with Crippen LogP contribution in [0.4, 0.5) is 0 Å². The van der Waals surface area contributed by atoms with Crippen molar-refractivity contribution in [2.75, 3.05) is 7.05 Å². The van der Waals surface area contributed by atoms with E-state index in [9.17, 15) is 0 Å². The molecule has 0 aromatic heterocycles. The molecule has 0 spiro atoms. The van der Waals surface area contributed by atoms with Crippen LogP contribution in [0.15, 0.2) is 47.6 Å². The lowest BCUT2D eigenvalue weighted by atomic mass is 9.98. The lowest BCUT2D eigenvalue weighted by molar-refractivity contribution is 0.291. The van der Waals surface area contributed by atoms with E-state index in [2.05, 4.69) is 61.4 Å². The Hall–Kier alpha value is -2.13. The number of hydrazone groups is 1. The third kappa shape index (κ3) is 2.69. The van der Waals surface area contributed by atoms with Crippen LogP contribution >= 0.6 is 0 Å². The zero-order valence-corrected chi connectivity index (χ0v) is 12.8. The van der Waals surface area contributed by atoms with Crippen LogP contribution < -0.4 is 5.73 Å². The Morgan fingerprint density at radius 1 is 0.952 bits per heavy atom. The van der Waals surface area contributed by atoms with Gasteiger partial charge in [-0.2, -0.15) is 5.10 Å². The van der Waals surface area contributed by atoms with E-state index in [4.69, 9.17) is 5.73 Å². The van der Waals surface area contributed by atoms with Gasteiger partial charge >= 0.3 is 0 Å². The number of benzene rings is 2. The van der Waals surface area contributed by atoms with Crippen LogP contribution in [0.25, 0.3) is 11.1 Å². The average molecular weight is 279 g/mol. The molecule has 1 heterocycles. The molecule has 0 aliphatic carbocycles. The number of rotatable bonds is 2. The van der Waals surface area contributed by atoms with Crippen LogP contribution in [-0.4, -0.2) is 23.9 Å². The summed E-state index contributed by atoms with van der Waals surface area (Å²) in [5, 5.41) is 6.32. The van der Waals surface area contributed by atoms with Crippen molar-refractivity contribution >= 4 is 5.71 Å². The summed E-state index contributed by atoms with van der Waals surface area (Å²) in [5.74, 6) is 0. The Balaban J connectivity index is 1.87. The van der Waals surface area contributed by atoms with Gasteiger partial charge in [0.15, 0.2) is 0 Å². The van der Waals surface area contributed by atoms with Crippen LogP contribution in [-0.2, 0) is 0 Å². The molecule has 1 aliphatic heterocycles. The molecule has 0 bridgehead atoms. The van der Waals surface area contributed by atoms with Gasteiger partial charge in [-0.25, -0.2) is 0 Å². The fraction of sp³-hybridized carbons (Fsp3) is 0.278. The predicted molar refractivity (Wildman–Crippen MR) is 88.2 cm³/mol. The molecule has 1 atom stereocenters. The second-order valence-corrected chi connectivity index (χ2v) is 5.77. The summed E-state index contributed by atoms with van der Waals surface area (Å²) in [7, 11) is 1.92. The Kier molecular flexibility index (Phi) is 3.52. The maximum Gasteiger partial charge on any atom is 0.0993 e. The fourth-order valence-corrected chi connectivity index (χ4v) is 2.59. The van der Waals surface area contributed by atoms with Gasteiger partial charge in [0.1, 0.15) is 0 Å². The second-order valence-electron chi connectivity index (χ2n) is 5.77. The Morgan fingerprint density at radius 2 is 1.57 bits per heavy atom. The molecule has 21 heavy (non-hydrogen) atoms. The van der Waals surface area contributed by atoms with E-state index in [1.165, 1.54) is 22.3 Å². The summed E-state index contributed by atoms with van der Waals surface area (Å²) in [4.78, 5) is 0. The highest BCUT2D eigenvalue weighted by atomic mass is 15.5. The van der Waals surface area contributed by atoms with Crippen molar-refractivity contribution in [2.45, 2.75) is 26.4 Å². The highest BCUT2D eigenvalue weighted by Gasteiger charge is 2.20. The van der Waals surface area contributed by atoms with Crippen molar-refractivity contribution in [2.24, 2.45) is 10.8 Å². The maximum absolute atomic E-state index is 5.97. The van der Waals surface area contributed by atoms with E-state index in [0.717, 1.165) is 17.7 Å². The SMILES string of the molecule is Cc1ccc(-c2ccc(C3=NN(C)C(N)C3)cc2)cc1C. The highest BCUT2D eigenvalue weighted by molar-refractivity contribution is 6.01. The van der Waals surface area contributed by atoms with E-state index in [1.807, 2.05) is 12.1 Å². The van der Waals surface area contributed by atoms with Gasteiger partial charge in [0.25, 0.3) is 0 Å². The van der Waals surface area contributed by atoms with Gasteiger partial charge in [-0.05, 0) is 41.7 Å². The molecule has 0 amide bonds. The highest BCUT2D eigenvalue weighted by Crippen LogP contribution is 2.24. The van der Waals surface area contributed by atoms with Crippen molar-refractivity contribution < 1.29 is 0 Å². The predicted octanol–water partition coefficient (Wildman–Crippen LogP) is 3.29. The smallest absolute Gasteiger partial charge is 0.0993 e. The first-order valence-electron chi connectivity index (χ1n) is 7.28. The summed E-state index contributed by atoms with van der Waals surface area (Å²) in [6.45, 7) is 4.29. The molecule has 0 saturated carbocycles. The lowest BCUT2D eigenvalue weighted by Crippen LogP contribution is -2.31. The molecule has 2 N–H and O–H groups in total. The third-order valence-electron chi connectivity index (χ3n) is 4.22. The number of nitrogens with zero attached hydrogens (tertiary/aromatic N) is 2. The number of hydrogen-bond donors (Lipinski definition) is 1. The van der Waals surface area contributed by atoms with E-state index in [-0.39, 0.29) is 6.17 Å². The summed E-state index contributed by atoms with van der Waals surface area (Å²) in [6, 6.07) is 15.2. The van der Waals surface area contributed by atoms with E-state index >= 15 is 0 Å². The van der Waals surface area contributed by atoms with Gasteiger partial charge in [-0.15, -0.1) is 0 Å². The van der Waals surface area contributed by atoms with Gasteiger partial charge < -0.3 is 5.73 Å². The molecular weight excluding hydrogens is 258 g/mol. The first-order chi connectivity index (χ1) is 10.0. The Labute approximate surface area is 126 Å². The van der Waals surface area contributed by atoms with Crippen molar-refractivity contribution in [3.63, 3.8) is 0 Å². The standard InChI is InChI=1S/C18H21N3/c1-12-4-5-16(10-13(12)2)14-6-8-15(9-7-14)17-11-18(19)21(3)20-17/h4-10,18H,11,19H2,1-3H3. The van der Waals surface area contributed by atoms with Crippen LogP contribution in [0, 0.1) is 13.8 Å². The zero-order valence-electron chi connectivity index (χ0n) is 12.8.